The molecule has 0 radical (unpaired) electrons. The molecule has 0 aliphatic rings. The number of carbonyl (C=O) groups excluding carboxylic acids is 2. The number of hydrogen-bond acceptors (Lipinski definition) is 5. The first kappa shape index (κ1) is 35.8. The number of nitrogens with one attached hydrogen (secondary N) is 1. The molecule has 1 N–H and O–H groups in total. The summed E-state index contributed by atoms with van der Waals surface area (Å²) in [6, 6.07) is 37.4. The number of rotatable bonds is 13. The number of carbonyl (C=O) groups is 2. The summed E-state index contributed by atoms with van der Waals surface area (Å²) in [4.78, 5) is 29.9. The highest BCUT2D eigenvalue weighted by Crippen LogP contribution is 2.29. The Balaban J connectivity index is 1.57. The van der Waals surface area contributed by atoms with Gasteiger partial charge >= 0.3 is 0 Å². The second-order valence-corrected chi connectivity index (χ2v) is 14.7. The van der Waals surface area contributed by atoms with Crippen LogP contribution in [0.5, 0.6) is 11.5 Å². The number of ether oxygens (including phenoxy) is 1. The molecule has 50 heavy (non-hydrogen) atoms. The van der Waals surface area contributed by atoms with Gasteiger partial charge in [-0.15, -0.1) is 0 Å². The Morgan fingerprint density at radius 3 is 1.88 bits per heavy atom. The van der Waals surface area contributed by atoms with Crippen LogP contribution >= 0.6 is 0 Å². The SMILES string of the molecule is CC(C)(C)NC(=O)C(Cc1ccccc1)N(Cc1ccccc1F)C(=O)CN(c1ccc(Oc2ccccc2)cc1)S(=O)(=O)c1ccccc1. The molecule has 5 rings (SSSR count). The molecule has 0 aliphatic heterocycles. The lowest BCUT2D eigenvalue weighted by Crippen LogP contribution is -2.56. The van der Waals surface area contributed by atoms with E-state index >= 15 is 4.39 Å². The number of nitrogens with zero attached hydrogens (tertiary/aromatic N) is 2. The van der Waals surface area contributed by atoms with E-state index < -0.39 is 45.8 Å². The summed E-state index contributed by atoms with van der Waals surface area (Å²) in [6.45, 7) is 4.54. The van der Waals surface area contributed by atoms with Gasteiger partial charge in [0, 0.05) is 24.1 Å². The van der Waals surface area contributed by atoms with Crippen molar-refractivity contribution in [3.8, 4) is 11.5 Å². The van der Waals surface area contributed by atoms with Crippen LogP contribution in [0.1, 0.15) is 31.9 Å². The molecule has 1 unspecified atom stereocenters. The highest BCUT2D eigenvalue weighted by Gasteiger charge is 2.36. The first-order valence-corrected chi connectivity index (χ1v) is 17.6. The van der Waals surface area contributed by atoms with Crippen LogP contribution in [0.2, 0.25) is 0 Å². The second kappa shape index (κ2) is 15.8. The fraction of sp³-hybridized carbons (Fsp3) is 0.200. The largest absolute Gasteiger partial charge is 0.457 e. The molecule has 0 heterocycles. The maximum absolute atomic E-state index is 15.2. The molecule has 1 atom stereocenters. The Kier molecular flexibility index (Phi) is 11.3. The van der Waals surface area contributed by atoms with Crippen LogP contribution in [0.15, 0.2) is 144 Å². The summed E-state index contributed by atoms with van der Waals surface area (Å²) in [7, 11) is -4.30. The van der Waals surface area contributed by atoms with Crippen LogP contribution in [0.4, 0.5) is 10.1 Å². The Labute approximate surface area is 293 Å². The van der Waals surface area contributed by atoms with Crippen molar-refractivity contribution >= 4 is 27.5 Å². The third kappa shape index (κ3) is 9.35. The van der Waals surface area contributed by atoms with Crippen molar-refractivity contribution < 1.29 is 27.1 Å². The monoisotopic (exact) mass is 693 g/mol. The molecule has 0 fully saturated rings. The van der Waals surface area contributed by atoms with E-state index in [2.05, 4.69) is 5.32 Å². The van der Waals surface area contributed by atoms with E-state index in [-0.39, 0.29) is 29.1 Å². The van der Waals surface area contributed by atoms with Crippen LogP contribution in [0, 0.1) is 5.82 Å². The molecule has 0 aliphatic carbocycles. The van der Waals surface area contributed by atoms with Crippen molar-refractivity contribution in [3.05, 3.63) is 156 Å². The maximum atomic E-state index is 15.2. The number of benzene rings is 5. The molecule has 5 aromatic carbocycles. The predicted molar refractivity (Wildman–Crippen MR) is 193 cm³/mol. The smallest absolute Gasteiger partial charge is 0.264 e. The number of halogens is 1. The molecule has 258 valence electrons. The van der Waals surface area contributed by atoms with E-state index in [1.165, 1.54) is 29.2 Å². The van der Waals surface area contributed by atoms with Crippen LogP contribution < -0.4 is 14.4 Å². The maximum Gasteiger partial charge on any atom is 0.264 e. The van der Waals surface area contributed by atoms with Gasteiger partial charge < -0.3 is 15.0 Å². The highest BCUT2D eigenvalue weighted by molar-refractivity contribution is 7.92. The third-order valence-electron chi connectivity index (χ3n) is 7.78. The summed E-state index contributed by atoms with van der Waals surface area (Å²) in [5.41, 5.74) is 0.510. The van der Waals surface area contributed by atoms with Gasteiger partial charge in [0.05, 0.1) is 10.6 Å². The van der Waals surface area contributed by atoms with E-state index in [1.807, 2.05) is 69.3 Å². The summed E-state index contributed by atoms with van der Waals surface area (Å²) in [6.07, 6.45) is 0.111. The van der Waals surface area contributed by atoms with Crippen molar-refractivity contribution in [2.45, 2.75) is 50.2 Å². The lowest BCUT2D eigenvalue weighted by Gasteiger charge is -2.35. The molecule has 8 nitrogen and oxygen atoms in total. The average molecular weight is 694 g/mol. The van der Waals surface area contributed by atoms with Gasteiger partial charge in [-0.1, -0.05) is 84.9 Å². The average Bonchev–Trinajstić information content (AvgIpc) is 3.10. The second-order valence-electron chi connectivity index (χ2n) is 12.8. The molecule has 0 aromatic heterocycles. The fourth-order valence-electron chi connectivity index (χ4n) is 5.37. The highest BCUT2D eigenvalue weighted by atomic mass is 32.2. The van der Waals surface area contributed by atoms with Crippen molar-refractivity contribution in [2.24, 2.45) is 0 Å². The normalized spacial score (nSPS) is 12.1. The molecule has 0 bridgehead atoms. The zero-order valence-electron chi connectivity index (χ0n) is 28.2. The minimum atomic E-state index is -4.30. The van der Waals surface area contributed by atoms with Crippen molar-refractivity contribution in [1.29, 1.82) is 0 Å². The van der Waals surface area contributed by atoms with Gasteiger partial charge in [-0.3, -0.25) is 13.9 Å². The van der Waals surface area contributed by atoms with Crippen molar-refractivity contribution in [3.63, 3.8) is 0 Å². The molecular formula is C40H40FN3O5S. The Hall–Kier alpha value is -5.48. The van der Waals surface area contributed by atoms with E-state index in [0.29, 0.717) is 11.5 Å². The van der Waals surface area contributed by atoms with Gasteiger partial charge in [-0.25, -0.2) is 12.8 Å². The van der Waals surface area contributed by atoms with E-state index in [1.54, 1.807) is 66.7 Å². The van der Waals surface area contributed by atoms with Gasteiger partial charge in [0.25, 0.3) is 10.0 Å². The number of hydrogen-bond donors (Lipinski definition) is 1. The first-order chi connectivity index (χ1) is 23.9. The molecular weight excluding hydrogens is 654 g/mol. The molecule has 5 aromatic rings. The molecule has 10 heteroatoms. The minimum absolute atomic E-state index is 0.0237. The summed E-state index contributed by atoms with van der Waals surface area (Å²) >= 11 is 0. The Morgan fingerprint density at radius 2 is 1.28 bits per heavy atom. The molecule has 0 spiro atoms. The van der Waals surface area contributed by atoms with Gasteiger partial charge in [-0.05, 0) is 80.9 Å². The van der Waals surface area contributed by atoms with Crippen LogP contribution in [-0.2, 0) is 32.6 Å². The van der Waals surface area contributed by atoms with Gasteiger partial charge in [0.2, 0.25) is 11.8 Å². The van der Waals surface area contributed by atoms with Gasteiger partial charge in [0.1, 0.15) is 29.9 Å². The Bertz CT molecular complexity index is 1990. The standard InChI is InChI=1S/C40H40FN3O5S/c1-40(2,3)42-39(46)37(27-30-15-7-4-8-16-30)43(28-31-17-13-14-22-36(31)41)38(45)29-44(50(47,48)35-20-11-6-12-21-35)32-23-25-34(26-24-32)49-33-18-9-5-10-19-33/h4-26,37H,27-29H2,1-3H3,(H,42,46). The first-order valence-electron chi connectivity index (χ1n) is 16.2. The third-order valence-corrected chi connectivity index (χ3v) is 9.57. The molecule has 0 saturated heterocycles. The quantitative estimate of drug-likeness (QED) is 0.139. The number of amides is 2. The van der Waals surface area contributed by atoms with E-state index in [0.717, 1.165) is 9.87 Å². The Morgan fingerprint density at radius 1 is 0.740 bits per heavy atom. The van der Waals surface area contributed by atoms with Gasteiger partial charge in [-0.2, -0.15) is 0 Å². The molecule has 2 amide bonds. The van der Waals surface area contributed by atoms with Crippen LogP contribution in [-0.4, -0.2) is 43.3 Å². The number of sulfonamides is 1. The molecule has 0 saturated carbocycles. The summed E-state index contributed by atoms with van der Waals surface area (Å²) in [5, 5.41) is 2.97. The fourth-order valence-corrected chi connectivity index (χ4v) is 6.81. The number of para-hydroxylation sites is 1. The van der Waals surface area contributed by atoms with Crippen LogP contribution in [0.25, 0.3) is 0 Å². The number of anilines is 1. The zero-order chi connectivity index (χ0) is 35.7. The summed E-state index contributed by atoms with van der Waals surface area (Å²) < 4.78 is 50.6. The van der Waals surface area contributed by atoms with Crippen molar-refractivity contribution in [2.75, 3.05) is 10.8 Å². The van der Waals surface area contributed by atoms with Crippen molar-refractivity contribution in [1.82, 2.24) is 10.2 Å². The van der Waals surface area contributed by atoms with Gasteiger partial charge in [0.15, 0.2) is 0 Å². The van der Waals surface area contributed by atoms with E-state index in [9.17, 15) is 18.0 Å². The topological polar surface area (TPSA) is 96.0 Å². The minimum Gasteiger partial charge on any atom is -0.457 e. The summed E-state index contributed by atoms with van der Waals surface area (Å²) in [5.74, 6) is -0.631. The van der Waals surface area contributed by atoms with Crippen LogP contribution in [0.3, 0.4) is 0 Å². The lowest BCUT2D eigenvalue weighted by atomic mass is 10.0. The zero-order valence-corrected chi connectivity index (χ0v) is 29.0. The predicted octanol–water partition coefficient (Wildman–Crippen LogP) is 7.37. The van der Waals surface area contributed by atoms with E-state index in [4.69, 9.17) is 4.74 Å². The lowest BCUT2D eigenvalue weighted by molar-refractivity contribution is -0.140.